The second-order valence-corrected chi connectivity index (χ2v) is 5.26. The van der Waals surface area contributed by atoms with Crippen LogP contribution in [0.2, 0.25) is 0 Å². The number of hydrogen-bond acceptors (Lipinski definition) is 2. The third kappa shape index (κ3) is 4.28. The van der Waals surface area contributed by atoms with Gasteiger partial charge in [-0.3, -0.25) is 4.90 Å². The van der Waals surface area contributed by atoms with Crippen molar-refractivity contribution in [2.75, 3.05) is 39.1 Å². The highest BCUT2D eigenvalue weighted by Gasteiger charge is 2.23. The molecule has 0 bridgehead atoms. The first-order chi connectivity index (χ1) is 6.74. The van der Waals surface area contributed by atoms with Gasteiger partial charge in [0.1, 0.15) is 0 Å². The van der Waals surface area contributed by atoms with E-state index in [1.807, 2.05) is 0 Å². The van der Waals surface area contributed by atoms with Crippen LogP contribution in [0.1, 0.15) is 25.7 Å². The van der Waals surface area contributed by atoms with Crippen molar-refractivity contribution in [1.82, 2.24) is 9.80 Å². The van der Waals surface area contributed by atoms with Gasteiger partial charge in [-0.1, -0.05) is 22.4 Å². The summed E-state index contributed by atoms with van der Waals surface area (Å²) in [5, 5.41) is 1.12. The van der Waals surface area contributed by atoms with Gasteiger partial charge < -0.3 is 4.90 Å². The summed E-state index contributed by atoms with van der Waals surface area (Å²) in [6.45, 7) is 3.71. The lowest BCUT2D eigenvalue weighted by atomic mass is 9.91. The molecule has 0 spiro atoms. The van der Waals surface area contributed by atoms with Crippen LogP contribution in [-0.4, -0.2) is 54.9 Å². The SMILES string of the molecule is CN(C)CCCN(CCBr)C1CCC1. The Bertz CT molecular complexity index is 146. The van der Waals surface area contributed by atoms with Crippen molar-refractivity contribution in [3.63, 3.8) is 0 Å². The molecule has 1 saturated carbocycles. The number of nitrogens with zero attached hydrogens (tertiary/aromatic N) is 2. The fraction of sp³-hybridized carbons (Fsp3) is 1.00. The van der Waals surface area contributed by atoms with E-state index < -0.39 is 0 Å². The summed E-state index contributed by atoms with van der Waals surface area (Å²) >= 11 is 3.54. The molecule has 1 rings (SSSR count). The van der Waals surface area contributed by atoms with Gasteiger partial charge in [-0.2, -0.15) is 0 Å². The highest BCUT2D eigenvalue weighted by molar-refractivity contribution is 9.09. The maximum Gasteiger partial charge on any atom is 0.0159 e. The summed E-state index contributed by atoms with van der Waals surface area (Å²) in [6.07, 6.45) is 5.59. The number of hydrogen-bond donors (Lipinski definition) is 0. The predicted molar refractivity (Wildman–Crippen MR) is 66.2 cm³/mol. The Kier molecular flexibility index (Phi) is 6.06. The standard InChI is InChI=1S/C11H23BrN2/c1-13(2)8-4-9-14(10-7-12)11-5-3-6-11/h11H,3-10H2,1-2H3. The fourth-order valence-electron chi connectivity index (χ4n) is 1.93. The Hall–Kier alpha value is 0.400. The van der Waals surface area contributed by atoms with Crippen LogP contribution in [0.3, 0.4) is 0 Å². The topological polar surface area (TPSA) is 6.48 Å². The van der Waals surface area contributed by atoms with Crippen molar-refractivity contribution >= 4 is 15.9 Å². The zero-order chi connectivity index (χ0) is 10.4. The molecule has 3 heteroatoms. The number of rotatable bonds is 7. The van der Waals surface area contributed by atoms with E-state index in [1.54, 1.807) is 0 Å². The summed E-state index contributed by atoms with van der Waals surface area (Å²) in [5.74, 6) is 0. The smallest absolute Gasteiger partial charge is 0.0159 e. The molecule has 0 heterocycles. The van der Waals surface area contributed by atoms with Crippen molar-refractivity contribution < 1.29 is 0 Å². The van der Waals surface area contributed by atoms with Crippen molar-refractivity contribution in [2.45, 2.75) is 31.7 Å². The molecule has 0 atom stereocenters. The van der Waals surface area contributed by atoms with Gasteiger partial charge in [0.05, 0.1) is 0 Å². The van der Waals surface area contributed by atoms with Gasteiger partial charge in [-0.15, -0.1) is 0 Å². The molecule has 2 nitrogen and oxygen atoms in total. The van der Waals surface area contributed by atoms with Crippen molar-refractivity contribution in [2.24, 2.45) is 0 Å². The summed E-state index contributed by atoms with van der Waals surface area (Å²) in [4.78, 5) is 4.93. The molecule has 1 aliphatic rings. The first kappa shape index (κ1) is 12.5. The maximum absolute atomic E-state index is 3.54. The van der Waals surface area contributed by atoms with E-state index in [9.17, 15) is 0 Å². The summed E-state index contributed by atoms with van der Waals surface area (Å²) in [5.41, 5.74) is 0. The largest absolute Gasteiger partial charge is 0.309 e. The molecule has 0 aromatic carbocycles. The molecule has 1 fully saturated rings. The van der Waals surface area contributed by atoms with E-state index in [4.69, 9.17) is 0 Å². The Morgan fingerprint density at radius 2 is 1.86 bits per heavy atom. The average Bonchev–Trinajstić information content (AvgIpc) is 2.00. The van der Waals surface area contributed by atoms with Gasteiger partial charge in [0.2, 0.25) is 0 Å². The van der Waals surface area contributed by atoms with Crippen LogP contribution in [0.25, 0.3) is 0 Å². The lowest BCUT2D eigenvalue weighted by molar-refractivity contribution is 0.131. The van der Waals surface area contributed by atoms with Gasteiger partial charge in [-0.25, -0.2) is 0 Å². The molecule has 0 amide bonds. The number of alkyl halides is 1. The van der Waals surface area contributed by atoms with E-state index in [-0.39, 0.29) is 0 Å². The monoisotopic (exact) mass is 262 g/mol. The van der Waals surface area contributed by atoms with Gasteiger partial charge in [0, 0.05) is 17.9 Å². The lowest BCUT2D eigenvalue weighted by Crippen LogP contribution is -2.42. The average molecular weight is 263 g/mol. The van der Waals surface area contributed by atoms with Crippen molar-refractivity contribution in [3.05, 3.63) is 0 Å². The normalized spacial score (nSPS) is 17.8. The van der Waals surface area contributed by atoms with E-state index in [0.717, 1.165) is 11.4 Å². The zero-order valence-corrected chi connectivity index (χ0v) is 11.1. The van der Waals surface area contributed by atoms with Crippen molar-refractivity contribution in [1.29, 1.82) is 0 Å². The van der Waals surface area contributed by atoms with Gasteiger partial charge >= 0.3 is 0 Å². The molecule has 0 unspecified atom stereocenters. The quantitative estimate of drug-likeness (QED) is 0.650. The molecule has 0 saturated heterocycles. The Morgan fingerprint density at radius 3 is 2.29 bits per heavy atom. The molecule has 0 aliphatic heterocycles. The highest BCUT2D eigenvalue weighted by atomic mass is 79.9. The highest BCUT2D eigenvalue weighted by Crippen LogP contribution is 2.24. The lowest BCUT2D eigenvalue weighted by Gasteiger charge is -2.37. The molecular weight excluding hydrogens is 240 g/mol. The molecule has 14 heavy (non-hydrogen) atoms. The third-order valence-corrected chi connectivity index (χ3v) is 3.37. The van der Waals surface area contributed by atoms with Crippen LogP contribution in [0.5, 0.6) is 0 Å². The first-order valence-corrected chi connectivity index (χ1v) is 6.81. The van der Waals surface area contributed by atoms with E-state index >= 15 is 0 Å². The Morgan fingerprint density at radius 1 is 1.14 bits per heavy atom. The second kappa shape index (κ2) is 6.81. The van der Waals surface area contributed by atoms with E-state index in [0.29, 0.717) is 0 Å². The Balaban J connectivity index is 2.14. The van der Waals surface area contributed by atoms with Crippen molar-refractivity contribution in [3.8, 4) is 0 Å². The minimum atomic E-state index is 0.898. The fourth-order valence-corrected chi connectivity index (χ4v) is 2.38. The molecule has 0 aromatic rings. The maximum atomic E-state index is 3.54. The Labute approximate surface area is 96.8 Å². The van der Waals surface area contributed by atoms with Crippen LogP contribution >= 0.6 is 15.9 Å². The van der Waals surface area contributed by atoms with E-state index in [2.05, 4.69) is 39.8 Å². The van der Waals surface area contributed by atoms with Crippen LogP contribution in [0, 0.1) is 0 Å². The van der Waals surface area contributed by atoms with Crippen LogP contribution in [0.15, 0.2) is 0 Å². The summed E-state index contributed by atoms with van der Waals surface area (Å²) in [7, 11) is 4.30. The summed E-state index contributed by atoms with van der Waals surface area (Å²) in [6, 6.07) is 0.898. The zero-order valence-electron chi connectivity index (χ0n) is 9.51. The van der Waals surface area contributed by atoms with Gasteiger partial charge in [-0.05, 0) is 46.4 Å². The predicted octanol–water partition coefficient (Wildman–Crippen LogP) is 2.19. The minimum Gasteiger partial charge on any atom is -0.309 e. The molecule has 84 valence electrons. The molecule has 0 radical (unpaired) electrons. The molecule has 1 aliphatic carbocycles. The van der Waals surface area contributed by atoms with Gasteiger partial charge in [0.25, 0.3) is 0 Å². The van der Waals surface area contributed by atoms with Gasteiger partial charge in [0.15, 0.2) is 0 Å². The van der Waals surface area contributed by atoms with Crippen LogP contribution < -0.4 is 0 Å². The summed E-state index contributed by atoms with van der Waals surface area (Å²) < 4.78 is 0. The van der Waals surface area contributed by atoms with Crippen LogP contribution in [-0.2, 0) is 0 Å². The molecular formula is C11H23BrN2. The molecule has 0 N–H and O–H groups in total. The molecule has 0 aromatic heterocycles. The first-order valence-electron chi connectivity index (χ1n) is 5.69. The van der Waals surface area contributed by atoms with E-state index in [1.165, 1.54) is 45.3 Å². The van der Waals surface area contributed by atoms with Crippen LogP contribution in [0.4, 0.5) is 0 Å². The number of halogens is 1. The third-order valence-electron chi connectivity index (χ3n) is 3.01. The minimum absolute atomic E-state index is 0.898. The second-order valence-electron chi connectivity index (χ2n) is 4.47.